The summed E-state index contributed by atoms with van der Waals surface area (Å²) in [4.78, 5) is 34.1. The third kappa shape index (κ3) is 7.70. The Morgan fingerprint density at radius 2 is 1.85 bits per heavy atom. The van der Waals surface area contributed by atoms with Gasteiger partial charge in [-0.15, -0.1) is 0 Å². The van der Waals surface area contributed by atoms with Crippen LogP contribution in [0.1, 0.15) is 13.8 Å². The topological polar surface area (TPSA) is 106 Å². The summed E-state index contributed by atoms with van der Waals surface area (Å²) in [7, 11) is 2.78. The minimum absolute atomic E-state index is 0.102. The van der Waals surface area contributed by atoms with Crippen LogP contribution >= 0.6 is 0 Å². The Kier molecular flexibility index (Phi) is 9.31. The zero-order valence-corrected chi connectivity index (χ0v) is 12.3. The first-order chi connectivity index (χ1) is 9.42. The number of methoxy groups -OCH3 is 2. The fraction of sp³-hybridized carbons (Fsp3) is 0.750. The molecule has 116 valence electrons. The van der Waals surface area contributed by atoms with E-state index >= 15 is 0 Å². The van der Waals surface area contributed by atoms with Crippen molar-refractivity contribution >= 4 is 17.8 Å². The number of hydrogen-bond donors (Lipinski definition) is 3. The highest BCUT2D eigenvalue weighted by atomic mass is 16.5. The Balaban J connectivity index is 4.21. The van der Waals surface area contributed by atoms with Gasteiger partial charge in [-0.05, 0) is 6.92 Å². The Bertz CT molecular complexity index is 335. The minimum Gasteiger partial charge on any atom is -0.467 e. The molecule has 0 spiro atoms. The zero-order valence-electron chi connectivity index (χ0n) is 12.3. The van der Waals surface area contributed by atoms with Crippen LogP contribution < -0.4 is 16.0 Å². The van der Waals surface area contributed by atoms with Gasteiger partial charge in [0, 0.05) is 27.1 Å². The van der Waals surface area contributed by atoms with E-state index in [0.29, 0.717) is 13.2 Å². The van der Waals surface area contributed by atoms with Crippen molar-refractivity contribution in [2.24, 2.45) is 0 Å². The van der Waals surface area contributed by atoms with Crippen LogP contribution in [0.2, 0.25) is 0 Å². The number of amides is 2. The molecule has 8 heteroatoms. The van der Waals surface area contributed by atoms with Crippen LogP contribution in [0, 0.1) is 0 Å². The number of hydrogen-bond acceptors (Lipinski definition) is 6. The van der Waals surface area contributed by atoms with Gasteiger partial charge in [0.25, 0.3) is 0 Å². The van der Waals surface area contributed by atoms with Crippen LogP contribution in [-0.2, 0) is 23.9 Å². The molecule has 8 nitrogen and oxygen atoms in total. The Morgan fingerprint density at radius 1 is 1.20 bits per heavy atom. The fourth-order valence-corrected chi connectivity index (χ4v) is 1.40. The van der Waals surface area contributed by atoms with Crippen molar-refractivity contribution in [3.05, 3.63) is 0 Å². The van der Waals surface area contributed by atoms with Gasteiger partial charge < -0.3 is 25.4 Å². The summed E-state index contributed by atoms with van der Waals surface area (Å²) in [6, 6.07) is -1.33. The van der Waals surface area contributed by atoms with Gasteiger partial charge in [-0.3, -0.25) is 9.59 Å². The number of rotatable bonds is 9. The third-order valence-electron chi connectivity index (χ3n) is 2.49. The first kappa shape index (κ1) is 18.3. The predicted octanol–water partition coefficient (Wildman–Crippen LogP) is -1.60. The summed E-state index contributed by atoms with van der Waals surface area (Å²) < 4.78 is 9.39. The lowest BCUT2D eigenvalue weighted by atomic mass is 10.2. The molecule has 0 bridgehead atoms. The maximum Gasteiger partial charge on any atom is 0.329 e. The molecule has 0 aliphatic carbocycles. The maximum atomic E-state index is 11.7. The van der Waals surface area contributed by atoms with Crippen molar-refractivity contribution in [3.63, 3.8) is 0 Å². The molecule has 0 rings (SSSR count). The predicted molar refractivity (Wildman–Crippen MR) is 72.0 cm³/mol. The molecule has 0 aromatic heterocycles. The molecule has 0 aliphatic rings. The average Bonchev–Trinajstić information content (AvgIpc) is 2.41. The summed E-state index contributed by atoms with van der Waals surface area (Å²) in [5, 5.41) is 7.97. The summed E-state index contributed by atoms with van der Waals surface area (Å²) >= 11 is 0. The minimum atomic E-state index is -0.827. The van der Waals surface area contributed by atoms with Gasteiger partial charge in [-0.1, -0.05) is 0 Å². The SMILES string of the molecule is COCCNC(=O)C(C)NCC(NC(C)=O)C(=O)OC. The first-order valence-electron chi connectivity index (χ1n) is 6.27. The Labute approximate surface area is 118 Å². The Morgan fingerprint density at radius 3 is 2.35 bits per heavy atom. The van der Waals surface area contributed by atoms with Crippen molar-refractivity contribution in [1.82, 2.24) is 16.0 Å². The molecule has 2 amide bonds. The summed E-state index contributed by atoms with van der Waals surface area (Å²) in [5.74, 6) is -1.13. The van der Waals surface area contributed by atoms with Crippen molar-refractivity contribution in [2.45, 2.75) is 25.9 Å². The highest BCUT2D eigenvalue weighted by Gasteiger charge is 2.22. The van der Waals surface area contributed by atoms with Gasteiger partial charge in [0.15, 0.2) is 0 Å². The molecular weight excluding hydrogens is 266 g/mol. The van der Waals surface area contributed by atoms with E-state index in [1.807, 2.05) is 0 Å². The smallest absolute Gasteiger partial charge is 0.329 e. The van der Waals surface area contributed by atoms with E-state index in [0.717, 1.165) is 0 Å². The van der Waals surface area contributed by atoms with Gasteiger partial charge in [0.1, 0.15) is 6.04 Å². The Hall–Kier alpha value is -1.67. The van der Waals surface area contributed by atoms with Crippen LogP contribution in [0.25, 0.3) is 0 Å². The second kappa shape index (κ2) is 10.2. The molecule has 2 unspecified atom stereocenters. The largest absolute Gasteiger partial charge is 0.467 e. The number of nitrogens with one attached hydrogen (secondary N) is 3. The zero-order chi connectivity index (χ0) is 15.5. The highest BCUT2D eigenvalue weighted by Crippen LogP contribution is 1.90. The molecule has 0 aromatic rings. The van der Waals surface area contributed by atoms with Crippen molar-refractivity contribution < 1.29 is 23.9 Å². The molecule has 0 saturated heterocycles. The van der Waals surface area contributed by atoms with E-state index < -0.39 is 18.1 Å². The average molecular weight is 289 g/mol. The van der Waals surface area contributed by atoms with Gasteiger partial charge in [0.2, 0.25) is 11.8 Å². The van der Waals surface area contributed by atoms with Gasteiger partial charge >= 0.3 is 5.97 Å². The standard InChI is InChI=1S/C12H23N3O5/c1-8(11(17)13-5-6-19-3)14-7-10(12(18)20-4)15-9(2)16/h8,10,14H,5-7H2,1-4H3,(H,13,17)(H,15,16). The van der Waals surface area contributed by atoms with E-state index in [1.165, 1.54) is 14.0 Å². The van der Waals surface area contributed by atoms with Crippen LogP contribution in [0.5, 0.6) is 0 Å². The second-order valence-electron chi connectivity index (χ2n) is 4.19. The molecule has 0 aliphatic heterocycles. The normalized spacial score (nSPS) is 13.2. The molecule has 0 aromatic carbocycles. The van der Waals surface area contributed by atoms with Crippen LogP contribution in [-0.4, -0.2) is 63.8 Å². The third-order valence-corrected chi connectivity index (χ3v) is 2.49. The molecule has 0 radical (unpaired) electrons. The van der Waals surface area contributed by atoms with E-state index in [1.54, 1.807) is 14.0 Å². The quantitative estimate of drug-likeness (QED) is 0.349. The second-order valence-corrected chi connectivity index (χ2v) is 4.19. The van der Waals surface area contributed by atoms with E-state index in [4.69, 9.17) is 4.74 Å². The molecule has 0 saturated carbocycles. The van der Waals surface area contributed by atoms with E-state index in [2.05, 4.69) is 20.7 Å². The number of carbonyl (C=O) groups is 3. The van der Waals surface area contributed by atoms with Crippen LogP contribution in [0.3, 0.4) is 0 Å². The van der Waals surface area contributed by atoms with Crippen molar-refractivity contribution in [1.29, 1.82) is 0 Å². The maximum absolute atomic E-state index is 11.7. The summed E-state index contributed by atoms with van der Waals surface area (Å²) in [6.07, 6.45) is 0. The van der Waals surface area contributed by atoms with Crippen molar-refractivity contribution in [3.8, 4) is 0 Å². The van der Waals surface area contributed by atoms with Crippen molar-refractivity contribution in [2.75, 3.05) is 33.9 Å². The van der Waals surface area contributed by atoms with Crippen LogP contribution in [0.15, 0.2) is 0 Å². The molecule has 0 heterocycles. The summed E-state index contributed by atoms with van der Waals surface area (Å²) in [6.45, 7) is 3.90. The lowest BCUT2D eigenvalue weighted by Crippen LogP contribution is -2.51. The summed E-state index contributed by atoms with van der Waals surface area (Å²) in [5.41, 5.74) is 0. The van der Waals surface area contributed by atoms with Gasteiger partial charge in [-0.2, -0.15) is 0 Å². The van der Waals surface area contributed by atoms with E-state index in [-0.39, 0.29) is 18.4 Å². The molecule has 3 N–H and O–H groups in total. The van der Waals surface area contributed by atoms with E-state index in [9.17, 15) is 14.4 Å². The lowest BCUT2D eigenvalue weighted by molar-refractivity contribution is -0.144. The first-order valence-corrected chi connectivity index (χ1v) is 6.27. The number of carbonyl (C=O) groups excluding carboxylic acids is 3. The van der Waals surface area contributed by atoms with Crippen LogP contribution in [0.4, 0.5) is 0 Å². The van der Waals surface area contributed by atoms with Gasteiger partial charge in [-0.25, -0.2) is 4.79 Å². The monoisotopic (exact) mass is 289 g/mol. The lowest BCUT2D eigenvalue weighted by Gasteiger charge is -2.19. The molecule has 2 atom stereocenters. The number of esters is 1. The van der Waals surface area contributed by atoms with Gasteiger partial charge in [0.05, 0.1) is 19.8 Å². The number of ether oxygens (including phenoxy) is 2. The molecule has 20 heavy (non-hydrogen) atoms. The molecular formula is C12H23N3O5. The fourth-order valence-electron chi connectivity index (χ4n) is 1.40. The highest BCUT2D eigenvalue weighted by molar-refractivity contribution is 5.84. The molecule has 0 fully saturated rings.